The average molecular weight is 286 g/mol. The lowest BCUT2D eigenvalue weighted by Gasteiger charge is -2.20. The molecule has 0 aliphatic carbocycles. The molecule has 1 aromatic rings. The van der Waals surface area contributed by atoms with Crippen LogP contribution in [0.2, 0.25) is 0 Å². The van der Waals surface area contributed by atoms with Gasteiger partial charge in [-0.05, 0) is 24.6 Å². The SMILES string of the molecule is CCCNCc1cc(OCC(F)F)nc(C(C)(C)C)c1. The van der Waals surface area contributed by atoms with Gasteiger partial charge >= 0.3 is 0 Å². The fraction of sp³-hybridized carbons (Fsp3) is 0.667. The maximum atomic E-state index is 12.2. The number of nitrogens with zero attached hydrogens (tertiary/aromatic N) is 1. The van der Waals surface area contributed by atoms with Gasteiger partial charge in [-0.3, -0.25) is 0 Å². The van der Waals surface area contributed by atoms with Gasteiger partial charge in [-0.1, -0.05) is 27.7 Å². The number of pyridine rings is 1. The van der Waals surface area contributed by atoms with Crippen LogP contribution in [0.15, 0.2) is 12.1 Å². The first-order valence-corrected chi connectivity index (χ1v) is 6.96. The highest BCUT2D eigenvalue weighted by Gasteiger charge is 2.18. The van der Waals surface area contributed by atoms with E-state index in [0.717, 1.165) is 24.2 Å². The van der Waals surface area contributed by atoms with Gasteiger partial charge in [-0.25, -0.2) is 13.8 Å². The Bertz CT molecular complexity index is 417. The fourth-order valence-electron chi connectivity index (χ4n) is 1.68. The van der Waals surface area contributed by atoms with Gasteiger partial charge in [-0.15, -0.1) is 0 Å². The van der Waals surface area contributed by atoms with E-state index >= 15 is 0 Å². The standard InChI is InChI=1S/C15H24F2N2O/c1-5-6-18-9-11-7-12(15(2,3)4)19-14(8-11)20-10-13(16)17/h7-8,13,18H,5-6,9-10H2,1-4H3. The van der Waals surface area contributed by atoms with Gasteiger partial charge in [0.15, 0.2) is 6.61 Å². The highest BCUT2D eigenvalue weighted by Crippen LogP contribution is 2.24. The lowest BCUT2D eigenvalue weighted by molar-refractivity contribution is 0.0793. The van der Waals surface area contributed by atoms with E-state index in [1.54, 1.807) is 6.07 Å². The molecule has 0 aliphatic heterocycles. The summed E-state index contributed by atoms with van der Waals surface area (Å²) in [5.41, 5.74) is 1.70. The maximum absolute atomic E-state index is 12.2. The summed E-state index contributed by atoms with van der Waals surface area (Å²) in [7, 11) is 0. The molecule has 1 rings (SSSR count). The lowest BCUT2D eigenvalue weighted by atomic mass is 9.91. The molecule has 0 radical (unpaired) electrons. The van der Waals surface area contributed by atoms with Crippen molar-refractivity contribution in [2.75, 3.05) is 13.2 Å². The Kier molecular flexibility index (Phi) is 6.33. The van der Waals surface area contributed by atoms with E-state index in [0.29, 0.717) is 6.54 Å². The molecule has 0 saturated carbocycles. The first-order valence-electron chi connectivity index (χ1n) is 6.96. The van der Waals surface area contributed by atoms with Crippen LogP contribution in [-0.4, -0.2) is 24.6 Å². The van der Waals surface area contributed by atoms with Crippen LogP contribution in [0.4, 0.5) is 8.78 Å². The third-order valence-corrected chi connectivity index (χ3v) is 2.74. The zero-order valence-corrected chi connectivity index (χ0v) is 12.7. The molecule has 0 aliphatic rings. The minimum Gasteiger partial charge on any atom is -0.472 e. The van der Waals surface area contributed by atoms with Gasteiger partial charge in [0.05, 0.1) is 5.69 Å². The van der Waals surface area contributed by atoms with E-state index in [1.165, 1.54) is 0 Å². The first-order chi connectivity index (χ1) is 9.32. The molecule has 0 atom stereocenters. The van der Waals surface area contributed by atoms with Crippen molar-refractivity contribution in [3.63, 3.8) is 0 Å². The van der Waals surface area contributed by atoms with Crippen molar-refractivity contribution in [3.8, 4) is 5.88 Å². The van der Waals surface area contributed by atoms with Crippen LogP contribution in [0.3, 0.4) is 0 Å². The van der Waals surface area contributed by atoms with E-state index in [4.69, 9.17) is 4.74 Å². The topological polar surface area (TPSA) is 34.1 Å². The molecule has 0 unspecified atom stereocenters. The number of nitrogens with one attached hydrogen (secondary N) is 1. The molecule has 1 heterocycles. The van der Waals surface area contributed by atoms with Crippen molar-refractivity contribution in [3.05, 3.63) is 23.4 Å². The molecule has 5 heteroatoms. The predicted molar refractivity (Wildman–Crippen MR) is 76.4 cm³/mol. The van der Waals surface area contributed by atoms with Crippen LogP contribution in [-0.2, 0) is 12.0 Å². The van der Waals surface area contributed by atoms with Crippen LogP contribution in [0.5, 0.6) is 5.88 Å². The van der Waals surface area contributed by atoms with Gasteiger partial charge in [0.25, 0.3) is 6.43 Å². The number of rotatable bonds is 7. The van der Waals surface area contributed by atoms with Crippen molar-refractivity contribution in [2.24, 2.45) is 0 Å². The summed E-state index contributed by atoms with van der Waals surface area (Å²) in [4.78, 5) is 4.32. The van der Waals surface area contributed by atoms with Crippen LogP contribution in [0.25, 0.3) is 0 Å². The van der Waals surface area contributed by atoms with Gasteiger partial charge in [0.2, 0.25) is 5.88 Å². The summed E-state index contributed by atoms with van der Waals surface area (Å²) in [6, 6.07) is 3.72. The van der Waals surface area contributed by atoms with Crippen LogP contribution < -0.4 is 10.1 Å². The van der Waals surface area contributed by atoms with Crippen LogP contribution >= 0.6 is 0 Å². The molecule has 1 aromatic heterocycles. The van der Waals surface area contributed by atoms with Crippen LogP contribution in [0, 0.1) is 0 Å². The number of alkyl halides is 2. The Morgan fingerprint density at radius 2 is 2.00 bits per heavy atom. The largest absolute Gasteiger partial charge is 0.472 e. The molecule has 20 heavy (non-hydrogen) atoms. The third-order valence-electron chi connectivity index (χ3n) is 2.74. The van der Waals surface area contributed by atoms with Crippen molar-refractivity contribution < 1.29 is 13.5 Å². The number of aromatic nitrogens is 1. The average Bonchev–Trinajstić information content (AvgIpc) is 2.35. The Hall–Kier alpha value is -1.23. The summed E-state index contributed by atoms with van der Waals surface area (Å²) < 4.78 is 29.5. The molecular formula is C15H24F2N2O. The van der Waals surface area contributed by atoms with Crippen molar-refractivity contribution in [1.82, 2.24) is 10.3 Å². The predicted octanol–water partition coefficient (Wildman–Crippen LogP) is 3.52. The highest BCUT2D eigenvalue weighted by atomic mass is 19.3. The summed E-state index contributed by atoms with van der Waals surface area (Å²) in [6.07, 6.45) is -1.44. The number of ether oxygens (including phenoxy) is 1. The quantitative estimate of drug-likeness (QED) is 0.779. The molecule has 3 nitrogen and oxygen atoms in total. The van der Waals surface area contributed by atoms with Gasteiger partial charge in [0, 0.05) is 18.0 Å². The molecular weight excluding hydrogens is 262 g/mol. The van der Waals surface area contributed by atoms with E-state index in [1.807, 2.05) is 26.8 Å². The monoisotopic (exact) mass is 286 g/mol. The smallest absolute Gasteiger partial charge is 0.272 e. The van der Waals surface area contributed by atoms with E-state index in [9.17, 15) is 8.78 Å². The second-order valence-corrected chi connectivity index (χ2v) is 5.83. The minimum atomic E-state index is -2.49. The van der Waals surface area contributed by atoms with E-state index in [2.05, 4.69) is 17.2 Å². The van der Waals surface area contributed by atoms with E-state index in [-0.39, 0.29) is 11.3 Å². The van der Waals surface area contributed by atoms with Crippen molar-refractivity contribution >= 4 is 0 Å². The molecule has 0 spiro atoms. The zero-order valence-electron chi connectivity index (χ0n) is 12.7. The molecule has 0 saturated heterocycles. The molecule has 0 fully saturated rings. The Morgan fingerprint density at radius 3 is 2.55 bits per heavy atom. The maximum Gasteiger partial charge on any atom is 0.272 e. The summed E-state index contributed by atoms with van der Waals surface area (Å²) in [5, 5.41) is 3.29. The highest BCUT2D eigenvalue weighted by molar-refractivity contribution is 5.28. The number of hydrogen-bond acceptors (Lipinski definition) is 3. The molecule has 1 N–H and O–H groups in total. The number of halogens is 2. The Labute approximate surface area is 119 Å². The summed E-state index contributed by atoms with van der Waals surface area (Å²) in [6.45, 7) is 9.19. The second kappa shape index (κ2) is 7.53. The van der Waals surface area contributed by atoms with E-state index < -0.39 is 13.0 Å². The van der Waals surface area contributed by atoms with Crippen molar-refractivity contribution in [2.45, 2.75) is 52.5 Å². The Morgan fingerprint density at radius 1 is 1.30 bits per heavy atom. The first kappa shape index (κ1) is 16.8. The zero-order chi connectivity index (χ0) is 15.2. The minimum absolute atomic E-state index is 0.149. The third kappa shape index (κ3) is 5.82. The number of hydrogen-bond donors (Lipinski definition) is 1. The van der Waals surface area contributed by atoms with Crippen molar-refractivity contribution in [1.29, 1.82) is 0 Å². The summed E-state index contributed by atoms with van der Waals surface area (Å²) in [5.74, 6) is 0.269. The summed E-state index contributed by atoms with van der Waals surface area (Å²) >= 11 is 0. The van der Waals surface area contributed by atoms with Gasteiger partial charge in [-0.2, -0.15) is 0 Å². The fourth-order valence-corrected chi connectivity index (χ4v) is 1.68. The Balaban J connectivity index is 2.89. The van der Waals surface area contributed by atoms with Gasteiger partial charge in [0.1, 0.15) is 0 Å². The van der Waals surface area contributed by atoms with Gasteiger partial charge < -0.3 is 10.1 Å². The normalized spacial score (nSPS) is 11.9. The molecule has 0 amide bonds. The molecule has 0 bridgehead atoms. The van der Waals surface area contributed by atoms with Crippen LogP contribution in [0.1, 0.15) is 45.4 Å². The molecule has 114 valence electrons. The molecule has 0 aromatic carbocycles. The lowest BCUT2D eigenvalue weighted by Crippen LogP contribution is -2.18. The second-order valence-electron chi connectivity index (χ2n) is 5.83.